The summed E-state index contributed by atoms with van der Waals surface area (Å²) >= 11 is 6.54. The average Bonchev–Trinajstić information content (AvgIpc) is 2.72. The summed E-state index contributed by atoms with van der Waals surface area (Å²) in [6, 6.07) is 2.99. The van der Waals surface area contributed by atoms with Crippen molar-refractivity contribution in [2.24, 2.45) is 0 Å². The summed E-state index contributed by atoms with van der Waals surface area (Å²) in [5.74, 6) is 1.07. The number of sulfone groups is 1. The minimum atomic E-state index is -3.44. The topological polar surface area (TPSA) is 146 Å². The number of pyridine rings is 1. The zero-order valence-electron chi connectivity index (χ0n) is 17.5. The van der Waals surface area contributed by atoms with Crippen LogP contribution in [0.15, 0.2) is 35.7 Å². The van der Waals surface area contributed by atoms with Crippen LogP contribution in [0.25, 0.3) is 11.1 Å². The fourth-order valence-corrected chi connectivity index (χ4v) is 4.00. The molecule has 2 aromatic heterocycles. The lowest BCUT2D eigenvalue weighted by molar-refractivity contribution is 0.409. The molecule has 3 rings (SSSR count). The summed E-state index contributed by atoms with van der Waals surface area (Å²) < 4.78 is 29.8. The van der Waals surface area contributed by atoms with Gasteiger partial charge < -0.3 is 21.5 Å². The molecular formula is C20H23ClN6O3S. The van der Waals surface area contributed by atoms with Gasteiger partial charge >= 0.3 is 0 Å². The highest BCUT2D eigenvalue weighted by Crippen LogP contribution is 2.43. The fraction of sp³-hybridized carbons (Fsp3) is 0.250. The normalized spacial score (nSPS) is 12.4. The number of aromatic nitrogens is 3. The second kappa shape index (κ2) is 8.56. The second-order valence-electron chi connectivity index (χ2n) is 7.05. The molecule has 1 unspecified atom stereocenters. The molecule has 0 radical (unpaired) electrons. The van der Waals surface area contributed by atoms with Crippen molar-refractivity contribution in [3.05, 3.63) is 47.0 Å². The van der Waals surface area contributed by atoms with E-state index in [2.05, 4.69) is 20.3 Å². The first kappa shape index (κ1) is 22.6. The van der Waals surface area contributed by atoms with Crippen LogP contribution in [-0.4, -0.2) is 36.7 Å². The van der Waals surface area contributed by atoms with E-state index in [0.29, 0.717) is 27.7 Å². The fourth-order valence-electron chi connectivity index (χ4n) is 3.20. The third kappa shape index (κ3) is 4.49. The highest BCUT2D eigenvalue weighted by atomic mass is 35.5. The third-order valence-corrected chi connectivity index (χ3v) is 6.35. The van der Waals surface area contributed by atoms with E-state index in [1.165, 1.54) is 19.6 Å². The van der Waals surface area contributed by atoms with Crippen LogP contribution < -0.4 is 21.5 Å². The molecule has 164 valence electrons. The molecule has 0 saturated carbocycles. The lowest BCUT2D eigenvalue weighted by atomic mass is 9.94. The van der Waals surface area contributed by atoms with Gasteiger partial charge in [0.05, 0.1) is 18.0 Å². The van der Waals surface area contributed by atoms with E-state index < -0.39 is 9.84 Å². The highest BCUT2D eigenvalue weighted by Gasteiger charge is 2.23. The lowest BCUT2D eigenvalue weighted by Gasteiger charge is -2.23. The predicted octanol–water partition coefficient (Wildman–Crippen LogP) is 3.25. The number of nitrogen functional groups attached to an aromatic ring is 2. The van der Waals surface area contributed by atoms with Crippen molar-refractivity contribution >= 4 is 38.8 Å². The molecule has 11 heteroatoms. The Hall–Kier alpha value is -3.11. The van der Waals surface area contributed by atoms with Crippen molar-refractivity contribution in [1.29, 1.82) is 0 Å². The maximum Gasteiger partial charge on any atom is 0.177 e. The quantitative estimate of drug-likeness (QED) is 0.502. The van der Waals surface area contributed by atoms with Crippen LogP contribution >= 0.6 is 11.6 Å². The predicted molar refractivity (Wildman–Crippen MR) is 122 cm³/mol. The van der Waals surface area contributed by atoms with Gasteiger partial charge in [-0.1, -0.05) is 11.6 Å². The Kier molecular flexibility index (Phi) is 6.23. The van der Waals surface area contributed by atoms with Gasteiger partial charge in [0.25, 0.3) is 0 Å². The Morgan fingerprint density at radius 2 is 1.90 bits per heavy atom. The Balaban J connectivity index is 2.16. The van der Waals surface area contributed by atoms with Crippen LogP contribution in [-0.2, 0) is 9.84 Å². The van der Waals surface area contributed by atoms with Gasteiger partial charge in [0, 0.05) is 40.4 Å². The van der Waals surface area contributed by atoms with Gasteiger partial charge in [0.15, 0.2) is 21.5 Å². The van der Waals surface area contributed by atoms with Gasteiger partial charge in [-0.25, -0.2) is 18.4 Å². The molecule has 0 aliphatic carbocycles. The monoisotopic (exact) mass is 462 g/mol. The Labute approximate surface area is 185 Å². The molecule has 0 bridgehead atoms. The average molecular weight is 463 g/mol. The van der Waals surface area contributed by atoms with Crippen LogP contribution in [0, 0.1) is 6.92 Å². The smallest absolute Gasteiger partial charge is 0.177 e. The number of hydrogen-bond donors (Lipinski definition) is 3. The number of nitrogens with two attached hydrogens (primary N) is 2. The zero-order chi connectivity index (χ0) is 22.9. The van der Waals surface area contributed by atoms with E-state index in [4.69, 9.17) is 27.8 Å². The number of nitrogens with one attached hydrogen (secondary N) is 1. The minimum Gasteiger partial charge on any atom is -0.496 e. The summed E-state index contributed by atoms with van der Waals surface area (Å²) in [7, 11) is -1.91. The van der Waals surface area contributed by atoms with Gasteiger partial charge in [-0.05, 0) is 31.5 Å². The van der Waals surface area contributed by atoms with E-state index in [1.54, 1.807) is 18.3 Å². The molecule has 1 aromatic carbocycles. The van der Waals surface area contributed by atoms with Gasteiger partial charge in [-0.3, -0.25) is 4.98 Å². The Morgan fingerprint density at radius 3 is 2.55 bits per heavy atom. The molecule has 0 fully saturated rings. The van der Waals surface area contributed by atoms with E-state index in [-0.39, 0.29) is 22.4 Å². The Bertz CT molecular complexity index is 1250. The van der Waals surface area contributed by atoms with Gasteiger partial charge in [0.1, 0.15) is 17.8 Å². The van der Waals surface area contributed by atoms with Crippen molar-refractivity contribution in [1.82, 2.24) is 15.0 Å². The molecule has 0 saturated heterocycles. The van der Waals surface area contributed by atoms with Crippen molar-refractivity contribution in [3.8, 4) is 16.9 Å². The van der Waals surface area contributed by atoms with Crippen LogP contribution in [0.1, 0.15) is 24.1 Å². The van der Waals surface area contributed by atoms with Gasteiger partial charge in [0.2, 0.25) is 0 Å². The summed E-state index contributed by atoms with van der Waals surface area (Å²) in [4.78, 5) is 12.2. The molecule has 3 aromatic rings. The first-order chi connectivity index (χ1) is 14.5. The summed E-state index contributed by atoms with van der Waals surface area (Å²) in [5.41, 5.74) is 14.6. The second-order valence-corrected chi connectivity index (χ2v) is 9.47. The summed E-state index contributed by atoms with van der Waals surface area (Å²) in [6.07, 6.45) is 5.32. The number of hydrogen-bond acceptors (Lipinski definition) is 9. The highest BCUT2D eigenvalue weighted by molar-refractivity contribution is 7.90. The zero-order valence-corrected chi connectivity index (χ0v) is 19.0. The van der Waals surface area contributed by atoms with Crippen LogP contribution in [0.2, 0.25) is 5.02 Å². The Morgan fingerprint density at radius 1 is 1.19 bits per heavy atom. The van der Waals surface area contributed by atoms with E-state index in [9.17, 15) is 8.42 Å². The summed E-state index contributed by atoms with van der Waals surface area (Å²) in [6.45, 7) is 3.72. The number of rotatable bonds is 6. The van der Waals surface area contributed by atoms with Crippen molar-refractivity contribution < 1.29 is 13.2 Å². The van der Waals surface area contributed by atoms with E-state index >= 15 is 0 Å². The number of methoxy groups -OCH3 is 1. The first-order valence-corrected chi connectivity index (χ1v) is 11.5. The third-order valence-electron chi connectivity index (χ3n) is 4.87. The van der Waals surface area contributed by atoms with Crippen LogP contribution in [0.5, 0.6) is 5.75 Å². The molecule has 9 nitrogen and oxygen atoms in total. The maximum atomic E-state index is 12.0. The number of halogens is 1. The van der Waals surface area contributed by atoms with Crippen molar-refractivity contribution in [2.45, 2.75) is 24.8 Å². The van der Waals surface area contributed by atoms with Crippen LogP contribution in [0.3, 0.4) is 0 Å². The lowest BCUT2D eigenvalue weighted by Crippen LogP contribution is -2.13. The largest absolute Gasteiger partial charge is 0.496 e. The van der Waals surface area contributed by atoms with Crippen molar-refractivity contribution in [2.75, 3.05) is 30.1 Å². The van der Waals surface area contributed by atoms with E-state index in [0.717, 1.165) is 17.4 Å². The molecule has 0 aliphatic rings. The van der Waals surface area contributed by atoms with Crippen molar-refractivity contribution in [3.63, 3.8) is 0 Å². The molecular weight excluding hydrogens is 440 g/mol. The van der Waals surface area contributed by atoms with Crippen LogP contribution in [0.4, 0.5) is 17.3 Å². The molecule has 0 aliphatic heterocycles. The SMILES string of the molecule is COc1c(C(C)Nc2ncnc(N)c2N)cc(Cl)c(C)c1-c1cncc(S(C)(=O)=O)c1. The number of nitrogens with zero attached hydrogens (tertiary/aromatic N) is 3. The number of anilines is 3. The molecule has 1 atom stereocenters. The maximum absolute atomic E-state index is 12.0. The van der Waals surface area contributed by atoms with Gasteiger partial charge in [-0.2, -0.15) is 0 Å². The van der Waals surface area contributed by atoms with Gasteiger partial charge in [-0.15, -0.1) is 0 Å². The van der Waals surface area contributed by atoms with E-state index in [1.807, 2.05) is 13.8 Å². The molecule has 0 spiro atoms. The molecule has 0 amide bonds. The first-order valence-electron chi connectivity index (χ1n) is 9.19. The molecule has 2 heterocycles. The minimum absolute atomic E-state index is 0.100. The molecule has 5 N–H and O–H groups in total. The standard InChI is InChI=1S/C20H23ClN6O3S/c1-10-15(21)6-14(11(2)27-20-17(22)19(23)25-9-26-20)18(30-3)16(10)12-5-13(8-24-7-12)31(4,28)29/h5-9,11H,22H2,1-4H3,(H3,23,25,26,27). The number of ether oxygens (including phenoxy) is 1. The summed E-state index contributed by atoms with van der Waals surface area (Å²) in [5, 5.41) is 3.68. The number of benzene rings is 1. The molecule has 31 heavy (non-hydrogen) atoms.